The lowest BCUT2D eigenvalue weighted by atomic mass is 9.99. The maximum absolute atomic E-state index is 13.4. The van der Waals surface area contributed by atoms with Crippen LogP contribution < -0.4 is 10.1 Å². The highest BCUT2D eigenvalue weighted by molar-refractivity contribution is 5.92. The second-order valence-electron chi connectivity index (χ2n) is 5.22. The summed E-state index contributed by atoms with van der Waals surface area (Å²) in [7, 11) is 0. The summed E-state index contributed by atoms with van der Waals surface area (Å²) in [5.41, 5.74) is -0.986. The van der Waals surface area contributed by atoms with Gasteiger partial charge in [-0.1, -0.05) is 0 Å². The zero-order chi connectivity index (χ0) is 15.6. The first-order valence-electron chi connectivity index (χ1n) is 6.49. The van der Waals surface area contributed by atoms with Crippen LogP contribution in [0.4, 0.5) is 8.78 Å². The van der Waals surface area contributed by atoms with Crippen molar-refractivity contribution in [3.8, 4) is 5.75 Å². The molecule has 1 aromatic rings. The van der Waals surface area contributed by atoms with Crippen LogP contribution in [0.5, 0.6) is 5.75 Å². The molecule has 0 aromatic heterocycles. The van der Waals surface area contributed by atoms with Gasteiger partial charge in [-0.25, -0.2) is 8.78 Å². The monoisotopic (exact) mass is 298 g/mol. The summed E-state index contributed by atoms with van der Waals surface area (Å²) < 4.78 is 31.2. The minimum Gasteiger partial charge on any atom is -0.481 e. The zero-order valence-electron chi connectivity index (χ0n) is 11.8. The molecule has 0 radical (unpaired) electrons. The number of ether oxygens (including phenoxy) is 1. The lowest BCUT2D eigenvalue weighted by molar-refractivity contribution is -0.150. The molecule has 2 rings (SSSR count). The Balaban J connectivity index is 2.03. The topological polar surface area (TPSA) is 58.6 Å². The molecule has 1 aliphatic rings. The summed E-state index contributed by atoms with van der Waals surface area (Å²) in [6, 6.07) is 2.84. The molecule has 114 valence electrons. The Hall–Kier alpha value is -2.18. The Bertz CT molecular complexity index is 575. The SMILES string of the molecule is CC1(C)C(=O)NCCN1C(=O)COc1ccc(F)cc1F. The average molecular weight is 298 g/mol. The number of carbonyl (C=O) groups excluding carboxylic acids is 2. The van der Waals surface area contributed by atoms with Crippen LogP contribution in [0.15, 0.2) is 18.2 Å². The van der Waals surface area contributed by atoms with Gasteiger partial charge < -0.3 is 15.0 Å². The maximum Gasteiger partial charge on any atom is 0.261 e. The van der Waals surface area contributed by atoms with E-state index < -0.39 is 29.7 Å². The molecule has 1 N–H and O–H groups in total. The molecule has 2 amide bonds. The third-order valence-electron chi connectivity index (χ3n) is 3.40. The lowest BCUT2D eigenvalue weighted by Crippen LogP contribution is -2.64. The van der Waals surface area contributed by atoms with Crippen LogP contribution in [0.1, 0.15) is 13.8 Å². The number of rotatable bonds is 3. The van der Waals surface area contributed by atoms with Crippen LogP contribution >= 0.6 is 0 Å². The molecular weight excluding hydrogens is 282 g/mol. The predicted octanol–water partition coefficient (Wildman–Crippen LogP) is 1.08. The molecule has 1 aromatic carbocycles. The molecular formula is C14H16F2N2O3. The van der Waals surface area contributed by atoms with Crippen molar-refractivity contribution in [2.75, 3.05) is 19.7 Å². The fraction of sp³-hybridized carbons (Fsp3) is 0.429. The molecule has 0 bridgehead atoms. The molecule has 21 heavy (non-hydrogen) atoms. The standard InChI is InChI=1S/C14H16F2N2O3/c1-14(2)13(20)17-5-6-18(14)12(19)8-21-11-4-3-9(15)7-10(11)16/h3-4,7H,5-6,8H2,1-2H3,(H,17,20). The van der Waals surface area contributed by atoms with Gasteiger partial charge in [-0.15, -0.1) is 0 Å². The van der Waals surface area contributed by atoms with Gasteiger partial charge in [0.1, 0.15) is 11.4 Å². The molecule has 0 aliphatic carbocycles. The number of hydrogen-bond acceptors (Lipinski definition) is 3. The van der Waals surface area contributed by atoms with Gasteiger partial charge in [0.2, 0.25) is 5.91 Å². The molecule has 0 spiro atoms. The third kappa shape index (κ3) is 3.12. The van der Waals surface area contributed by atoms with Gasteiger partial charge in [0.25, 0.3) is 5.91 Å². The van der Waals surface area contributed by atoms with Crippen LogP contribution in [0.25, 0.3) is 0 Å². The summed E-state index contributed by atoms with van der Waals surface area (Å²) in [4.78, 5) is 25.3. The number of nitrogens with one attached hydrogen (secondary N) is 1. The Kier molecular flexibility index (Phi) is 4.11. The van der Waals surface area contributed by atoms with Crippen molar-refractivity contribution in [2.24, 2.45) is 0 Å². The van der Waals surface area contributed by atoms with Gasteiger partial charge in [-0.2, -0.15) is 0 Å². The first kappa shape index (κ1) is 15.2. The van der Waals surface area contributed by atoms with Crippen molar-refractivity contribution in [2.45, 2.75) is 19.4 Å². The molecule has 0 atom stereocenters. The van der Waals surface area contributed by atoms with Crippen LogP contribution in [-0.4, -0.2) is 41.9 Å². The molecule has 0 unspecified atom stereocenters. The molecule has 1 aliphatic heterocycles. The Morgan fingerprint density at radius 3 is 2.81 bits per heavy atom. The minimum atomic E-state index is -0.986. The first-order valence-corrected chi connectivity index (χ1v) is 6.49. The van der Waals surface area contributed by atoms with Crippen LogP contribution in [0.3, 0.4) is 0 Å². The van der Waals surface area contributed by atoms with Gasteiger partial charge in [0, 0.05) is 19.2 Å². The van der Waals surface area contributed by atoms with E-state index in [1.807, 2.05) is 0 Å². The van der Waals surface area contributed by atoms with Crippen molar-refractivity contribution in [1.29, 1.82) is 0 Å². The quantitative estimate of drug-likeness (QED) is 0.908. The first-order chi connectivity index (χ1) is 9.82. The second-order valence-corrected chi connectivity index (χ2v) is 5.22. The smallest absolute Gasteiger partial charge is 0.261 e. The van der Waals surface area contributed by atoms with Crippen molar-refractivity contribution in [1.82, 2.24) is 10.2 Å². The summed E-state index contributed by atoms with van der Waals surface area (Å²) in [5, 5.41) is 2.67. The molecule has 5 nitrogen and oxygen atoms in total. The van der Waals surface area contributed by atoms with Crippen LogP contribution in [-0.2, 0) is 9.59 Å². The number of hydrogen-bond donors (Lipinski definition) is 1. The van der Waals surface area contributed by atoms with E-state index in [2.05, 4.69) is 5.32 Å². The van der Waals surface area contributed by atoms with E-state index in [0.717, 1.165) is 12.1 Å². The normalized spacial score (nSPS) is 17.3. The summed E-state index contributed by atoms with van der Waals surface area (Å²) in [6.45, 7) is 3.54. The number of nitrogens with zero attached hydrogens (tertiary/aromatic N) is 1. The van der Waals surface area contributed by atoms with Gasteiger partial charge in [-0.05, 0) is 26.0 Å². The molecule has 1 fully saturated rings. The number of carbonyl (C=O) groups is 2. The largest absolute Gasteiger partial charge is 0.481 e. The lowest BCUT2D eigenvalue weighted by Gasteiger charge is -2.41. The molecule has 0 saturated carbocycles. The van der Waals surface area contributed by atoms with E-state index in [1.54, 1.807) is 13.8 Å². The number of halogens is 2. The van der Waals surface area contributed by atoms with Gasteiger partial charge in [0.15, 0.2) is 18.2 Å². The van der Waals surface area contributed by atoms with E-state index in [0.29, 0.717) is 19.2 Å². The fourth-order valence-corrected chi connectivity index (χ4v) is 2.15. The van der Waals surface area contributed by atoms with E-state index >= 15 is 0 Å². The fourth-order valence-electron chi connectivity index (χ4n) is 2.15. The van der Waals surface area contributed by atoms with Gasteiger partial charge >= 0.3 is 0 Å². The highest BCUT2D eigenvalue weighted by Crippen LogP contribution is 2.20. The van der Waals surface area contributed by atoms with Gasteiger partial charge in [0.05, 0.1) is 0 Å². The highest BCUT2D eigenvalue weighted by atomic mass is 19.1. The molecule has 1 heterocycles. The van der Waals surface area contributed by atoms with Crippen LogP contribution in [0.2, 0.25) is 0 Å². The van der Waals surface area contributed by atoms with E-state index in [4.69, 9.17) is 4.74 Å². The van der Waals surface area contributed by atoms with E-state index in [1.165, 1.54) is 4.90 Å². The Morgan fingerprint density at radius 1 is 1.43 bits per heavy atom. The van der Waals surface area contributed by atoms with Crippen molar-refractivity contribution in [3.63, 3.8) is 0 Å². The van der Waals surface area contributed by atoms with E-state index in [-0.39, 0.29) is 11.7 Å². The Morgan fingerprint density at radius 2 is 2.14 bits per heavy atom. The second kappa shape index (κ2) is 5.67. The van der Waals surface area contributed by atoms with E-state index in [9.17, 15) is 18.4 Å². The number of benzene rings is 1. The summed E-state index contributed by atoms with van der Waals surface area (Å²) in [6.07, 6.45) is 0. The highest BCUT2D eigenvalue weighted by Gasteiger charge is 2.40. The molecule has 7 heteroatoms. The number of piperazine rings is 1. The third-order valence-corrected chi connectivity index (χ3v) is 3.40. The van der Waals surface area contributed by atoms with Crippen molar-refractivity contribution < 1.29 is 23.1 Å². The summed E-state index contributed by atoms with van der Waals surface area (Å²) in [5.74, 6) is -2.49. The Labute approximate surface area is 120 Å². The average Bonchev–Trinajstić information content (AvgIpc) is 2.40. The van der Waals surface area contributed by atoms with Gasteiger partial charge in [-0.3, -0.25) is 9.59 Å². The van der Waals surface area contributed by atoms with Crippen molar-refractivity contribution in [3.05, 3.63) is 29.8 Å². The summed E-state index contributed by atoms with van der Waals surface area (Å²) >= 11 is 0. The number of amides is 2. The zero-order valence-corrected chi connectivity index (χ0v) is 11.8. The van der Waals surface area contributed by atoms with Crippen molar-refractivity contribution >= 4 is 11.8 Å². The minimum absolute atomic E-state index is 0.205. The maximum atomic E-state index is 13.4. The predicted molar refractivity (Wildman–Crippen MR) is 70.7 cm³/mol. The van der Waals surface area contributed by atoms with Crippen LogP contribution in [0, 0.1) is 11.6 Å². The molecule has 1 saturated heterocycles.